The zero-order valence-corrected chi connectivity index (χ0v) is 11.4. The predicted molar refractivity (Wildman–Crippen MR) is 69.4 cm³/mol. The molecule has 4 heteroatoms. The second-order valence-corrected chi connectivity index (χ2v) is 4.15. The van der Waals surface area contributed by atoms with Crippen LogP contribution in [-0.2, 0) is 16.1 Å². The number of carbonyl (C=O) groups excluding carboxylic acids is 1. The van der Waals surface area contributed by atoms with E-state index < -0.39 is 0 Å². The Hall–Kier alpha value is -1.55. The fourth-order valence-electron chi connectivity index (χ4n) is 1.89. The van der Waals surface area contributed by atoms with Gasteiger partial charge in [0.1, 0.15) is 6.29 Å². The molecule has 1 aromatic carbocycles. The minimum atomic E-state index is 0.151. The van der Waals surface area contributed by atoms with Crippen LogP contribution in [0.25, 0.3) is 0 Å². The molecule has 1 unspecified atom stereocenters. The normalized spacial score (nSPS) is 12.0. The van der Waals surface area contributed by atoms with E-state index in [4.69, 9.17) is 14.2 Å². The summed E-state index contributed by atoms with van der Waals surface area (Å²) in [7, 11) is 4.83. The standard InChI is InChI=1S/C14H20O4/c1-10(5-6-15)11-7-12(9-16-2)14(18-4)13(8-11)17-3/h6-8,10H,5,9H2,1-4H3. The first-order valence-corrected chi connectivity index (χ1v) is 5.85. The van der Waals surface area contributed by atoms with Crippen molar-refractivity contribution >= 4 is 6.29 Å². The SMILES string of the molecule is COCc1cc(C(C)CC=O)cc(OC)c1OC. The van der Waals surface area contributed by atoms with Crippen LogP contribution in [0.1, 0.15) is 30.4 Å². The van der Waals surface area contributed by atoms with Crippen molar-refractivity contribution in [3.05, 3.63) is 23.3 Å². The van der Waals surface area contributed by atoms with Crippen LogP contribution in [0.4, 0.5) is 0 Å². The van der Waals surface area contributed by atoms with E-state index in [-0.39, 0.29) is 5.92 Å². The van der Waals surface area contributed by atoms with E-state index in [0.717, 1.165) is 17.4 Å². The minimum absolute atomic E-state index is 0.151. The number of hydrogen-bond donors (Lipinski definition) is 0. The van der Waals surface area contributed by atoms with Gasteiger partial charge < -0.3 is 19.0 Å². The number of hydrogen-bond acceptors (Lipinski definition) is 4. The van der Waals surface area contributed by atoms with E-state index in [1.165, 1.54) is 0 Å². The van der Waals surface area contributed by atoms with E-state index in [2.05, 4.69) is 0 Å². The number of methoxy groups -OCH3 is 3. The number of aldehydes is 1. The lowest BCUT2D eigenvalue weighted by molar-refractivity contribution is -0.108. The highest BCUT2D eigenvalue weighted by atomic mass is 16.5. The van der Waals surface area contributed by atoms with E-state index in [1.807, 2.05) is 19.1 Å². The summed E-state index contributed by atoms with van der Waals surface area (Å²) in [5.74, 6) is 1.50. The zero-order valence-electron chi connectivity index (χ0n) is 11.4. The molecule has 0 N–H and O–H groups in total. The highest BCUT2D eigenvalue weighted by molar-refractivity contribution is 5.54. The second-order valence-electron chi connectivity index (χ2n) is 4.15. The van der Waals surface area contributed by atoms with Crippen LogP contribution >= 0.6 is 0 Å². The van der Waals surface area contributed by atoms with Crippen molar-refractivity contribution in [2.45, 2.75) is 25.9 Å². The van der Waals surface area contributed by atoms with Gasteiger partial charge in [0.05, 0.1) is 20.8 Å². The van der Waals surface area contributed by atoms with Crippen molar-refractivity contribution in [1.82, 2.24) is 0 Å². The van der Waals surface area contributed by atoms with Gasteiger partial charge in [-0.05, 0) is 23.6 Å². The largest absolute Gasteiger partial charge is 0.493 e. The van der Waals surface area contributed by atoms with Crippen LogP contribution in [0.5, 0.6) is 11.5 Å². The molecule has 0 aliphatic rings. The van der Waals surface area contributed by atoms with Crippen molar-refractivity contribution in [3.63, 3.8) is 0 Å². The molecular formula is C14H20O4. The first-order chi connectivity index (χ1) is 8.67. The molecule has 1 atom stereocenters. The molecule has 0 spiro atoms. The number of ether oxygens (including phenoxy) is 3. The van der Waals surface area contributed by atoms with Gasteiger partial charge in [0.2, 0.25) is 0 Å². The molecule has 100 valence electrons. The highest BCUT2D eigenvalue weighted by Crippen LogP contribution is 2.35. The van der Waals surface area contributed by atoms with Crippen molar-refractivity contribution in [2.24, 2.45) is 0 Å². The van der Waals surface area contributed by atoms with Crippen LogP contribution in [0.15, 0.2) is 12.1 Å². The van der Waals surface area contributed by atoms with Gasteiger partial charge in [-0.2, -0.15) is 0 Å². The monoisotopic (exact) mass is 252 g/mol. The van der Waals surface area contributed by atoms with E-state index in [0.29, 0.717) is 24.5 Å². The second kappa shape index (κ2) is 7.01. The van der Waals surface area contributed by atoms with Gasteiger partial charge in [0.15, 0.2) is 11.5 Å². The molecule has 0 saturated heterocycles. The molecule has 0 saturated carbocycles. The van der Waals surface area contributed by atoms with Gasteiger partial charge in [-0.3, -0.25) is 0 Å². The summed E-state index contributed by atoms with van der Waals surface area (Å²) in [4.78, 5) is 10.6. The third kappa shape index (κ3) is 3.23. The highest BCUT2D eigenvalue weighted by Gasteiger charge is 2.15. The Kier molecular flexibility index (Phi) is 5.65. The molecule has 18 heavy (non-hydrogen) atoms. The molecule has 0 radical (unpaired) electrons. The topological polar surface area (TPSA) is 44.8 Å². The average Bonchev–Trinajstić information content (AvgIpc) is 2.38. The molecular weight excluding hydrogens is 232 g/mol. The number of rotatable bonds is 7. The van der Waals surface area contributed by atoms with Crippen LogP contribution in [0, 0.1) is 0 Å². The van der Waals surface area contributed by atoms with Gasteiger partial charge >= 0.3 is 0 Å². The Labute approximate surface area is 108 Å². The maximum atomic E-state index is 10.6. The molecule has 1 rings (SSSR count). The lowest BCUT2D eigenvalue weighted by Crippen LogP contribution is -2.02. The molecule has 0 aliphatic heterocycles. The van der Waals surface area contributed by atoms with Gasteiger partial charge in [-0.25, -0.2) is 0 Å². The summed E-state index contributed by atoms with van der Waals surface area (Å²) in [6.07, 6.45) is 1.42. The Morgan fingerprint density at radius 2 is 1.94 bits per heavy atom. The van der Waals surface area contributed by atoms with E-state index in [9.17, 15) is 4.79 Å². The Balaban J connectivity index is 3.21. The number of carbonyl (C=O) groups is 1. The van der Waals surface area contributed by atoms with Gasteiger partial charge in [-0.15, -0.1) is 0 Å². The van der Waals surface area contributed by atoms with E-state index in [1.54, 1.807) is 21.3 Å². The average molecular weight is 252 g/mol. The summed E-state index contributed by atoms with van der Waals surface area (Å²) in [5.41, 5.74) is 1.97. The zero-order chi connectivity index (χ0) is 13.5. The maximum absolute atomic E-state index is 10.6. The molecule has 1 aromatic rings. The van der Waals surface area contributed by atoms with Crippen molar-refractivity contribution in [3.8, 4) is 11.5 Å². The molecule has 0 amide bonds. The summed E-state index contributed by atoms with van der Waals surface area (Å²) >= 11 is 0. The smallest absolute Gasteiger partial charge is 0.166 e. The summed E-state index contributed by atoms with van der Waals surface area (Å²) in [6, 6.07) is 3.91. The molecule has 0 aliphatic carbocycles. The van der Waals surface area contributed by atoms with Crippen molar-refractivity contribution in [1.29, 1.82) is 0 Å². The first-order valence-electron chi connectivity index (χ1n) is 5.85. The lowest BCUT2D eigenvalue weighted by Gasteiger charge is -2.17. The summed E-state index contributed by atoms with van der Waals surface area (Å²) < 4.78 is 15.8. The third-order valence-corrected chi connectivity index (χ3v) is 2.90. The predicted octanol–water partition coefficient (Wildman–Crippen LogP) is 2.54. The number of benzene rings is 1. The maximum Gasteiger partial charge on any atom is 0.166 e. The Morgan fingerprint density at radius 1 is 1.22 bits per heavy atom. The van der Waals surface area contributed by atoms with Crippen LogP contribution in [-0.4, -0.2) is 27.6 Å². The Morgan fingerprint density at radius 3 is 2.44 bits per heavy atom. The van der Waals surface area contributed by atoms with Gasteiger partial charge in [-0.1, -0.05) is 6.92 Å². The summed E-state index contributed by atoms with van der Waals surface area (Å²) in [6.45, 7) is 2.45. The van der Waals surface area contributed by atoms with Crippen molar-refractivity contribution < 1.29 is 19.0 Å². The summed E-state index contributed by atoms with van der Waals surface area (Å²) in [5, 5.41) is 0. The lowest BCUT2D eigenvalue weighted by atomic mass is 9.96. The molecule has 0 heterocycles. The fourth-order valence-corrected chi connectivity index (χ4v) is 1.89. The van der Waals surface area contributed by atoms with Crippen LogP contribution < -0.4 is 9.47 Å². The molecule has 0 fully saturated rings. The fraction of sp³-hybridized carbons (Fsp3) is 0.500. The van der Waals surface area contributed by atoms with Crippen LogP contribution in [0.3, 0.4) is 0 Å². The van der Waals surface area contributed by atoms with Crippen LogP contribution in [0.2, 0.25) is 0 Å². The van der Waals surface area contributed by atoms with Gasteiger partial charge in [0.25, 0.3) is 0 Å². The Bertz CT molecular complexity index is 401. The van der Waals surface area contributed by atoms with Gasteiger partial charge in [0, 0.05) is 19.1 Å². The third-order valence-electron chi connectivity index (χ3n) is 2.90. The van der Waals surface area contributed by atoms with E-state index >= 15 is 0 Å². The van der Waals surface area contributed by atoms with Crippen molar-refractivity contribution in [2.75, 3.05) is 21.3 Å². The minimum Gasteiger partial charge on any atom is -0.493 e. The quantitative estimate of drug-likeness (QED) is 0.699. The first kappa shape index (κ1) is 14.5. The molecule has 4 nitrogen and oxygen atoms in total. The molecule has 0 bridgehead atoms. The molecule has 0 aromatic heterocycles.